The maximum atomic E-state index is 11.7. The highest BCUT2D eigenvalue weighted by atomic mass is 16.7. The van der Waals surface area contributed by atoms with E-state index in [9.17, 15) is 35.4 Å². The number of carbonyl (C=O) groups excluding carboxylic acids is 1. The molecule has 1 aromatic rings. The first-order valence-corrected chi connectivity index (χ1v) is 12.4. The molecular weight excluding hydrogens is 490 g/mol. The van der Waals surface area contributed by atoms with Gasteiger partial charge in [-0.1, -0.05) is 24.6 Å². The van der Waals surface area contributed by atoms with Crippen molar-refractivity contribution in [2.24, 2.45) is 0 Å². The molecule has 0 radical (unpaired) electrons. The average molecular weight is 530 g/mol. The predicted molar refractivity (Wildman–Crippen MR) is 128 cm³/mol. The molecule has 0 spiro atoms. The standard InChI is InChI=1S/C25H39NO11/c1-5-15(29)19(31)22-18(26-13(3)28)16(30)10-25(4,36-22)37-23-20(32)17(11-27)35-24(21(23)33)34-14-8-6-12(2)7-9-14/h6-9,15-24,27,29-33H,5,10-11H2,1-4H3,(H,26,28)/t15-,16-,17?,18-,19-,20+,21?,22?,23+,24-,25-/m1/s1. The molecule has 7 N–H and O–H groups in total. The highest BCUT2D eigenvalue weighted by Crippen LogP contribution is 2.37. The van der Waals surface area contributed by atoms with Crippen molar-refractivity contribution in [3.05, 3.63) is 29.8 Å². The minimum absolute atomic E-state index is 0.176. The smallest absolute Gasteiger partial charge is 0.229 e. The lowest BCUT2D eigenvalue weighted by atomic mass is 9.88. The van der Waals surface area contributed by atoms with E-state index in [0.29, 0.717) is 5.75 Å². The number of aliphatic hydroxyl groups is 6. The number of amides is 1. The molecule has 2 heterocycles. The summed E-state index contributed by atoms with van der Waals surface area (Å²) in [6, 6.07) is 5.90. The van der Waals surface area contributed by atoms with E-state index >= 15 is 0 Å². The van der Waals surface area contributed by atoms with Crippen LogP contribution in [0.1, 0.15) is 39.2 Å². The molecule has 210 valence electrons. The van der Waals surface area contributed by atoms with E-state index in [0.717, 1.165) is 5.56 Å². The van der Waals surface area contributed by atoms with E-state index in [2.05, 4.69) is 5.32 Å². The molecule has 2 aliphatic heterocycles. The number of aryl methyl sites for hydroxylation is 1. The van der Waals surface area contributed by atoms with Crippen molar-refractivity contribution in [3.8, 4) is 5.75 Å². The minimum Gasteiger partial charge on any atom is -0.462 e. The monoisotopic (exact) mass is 529 g/mol. The van der Waals surface area contributed by atoms with Crippen molar-refractivity contribution >= 4 is 5.91 Å². The van der Waals surface area contributed by atoms with Crippen LogP contribution in [0.3, 0.4) is 0 Å². The molecule has 1 amide bonds. The first-order valence-electron chi connectivity index (χ1n) is 12.4. The molecule has 3 unspecified atom stereocenters. The van der Waals surface area contributed by atoms with Crippen molar-refractivity contribution in [1.82, 2.24) is 5.32 Å². The van der Waals surface area contributed by atoms with Gasteiger partial charge in [-0.25, -0.2) is 0 Å². The summed E-state index contributed by atoms with van der Waals surface area (Å²) in [7, 11) is 0. The van der Waals surface area contributed by atoms with Gasteiger partial charge in [0, 0.05) is 13.3 Å². The molecule has 0 bridgehead atoms. The summed E-state index contributed by atoms with van der Waals surface area (Å²) in [6.45, 7) is 5.63. The lowest BCUT2D eigenvalue weighted by Gasteiger charge is -2.50. The first-order chi connectivity index (χ1) is 17.4. The van der Waals surface area contributed by atoms with Crippen LogP contribution in [0.2, 0.25) is 0 Å². The van der Waals surface area contributed by atoms with Gasteiger partial charge in [0.05, 0.1) is 24.9 Å². The molecule has 0 saturated carbocycles. The molecule has 2 saturated heterocycles. The fourth-order valence-corrected chi connectivity index (χ4v) is 4.70. The van der Waals surface area contributed by atoms with Gasteiger partial charge in [0.25, 0.3) is 0 Å². The number of ether oxygens (including phenoxy) is 4. The summed E-state index contributed by atoms with van der Waals surface area (Å²) in [6.07, 6.45) is -12.2. The lowest BCUT2D eigenvalue weighted by Crippen LogP contribution is -2.68. The average Bonchev–Trinajstić information content (AvgIpc) is 2.85. The second-order valence-corrected chi connectivity index (χ2v) is 9.90. The van der Waals surface area contributed by atoms with Gasteiger partial charge >= 0.3 is 0 Å². The van der Waals surface area contributed by atoms with Gasteiger partial charge < -0.3 is 54.9 Å². The zero-order valence-corrected chi connectivity index (χ0v) is 21.4. The van der Waals surface area contributed by atoms with Gasteiger partial charge in [0.2, 0.25) is 12.2 Å². The normalized spacial score (nSPS) is 38.0. The van der Waals surface area contributed by atoms with Crippen LogP contribution in [-0.4, -0.2) is 110 Å². The summed E-state index contributed by atoms with van der Waals surface area (Å²) in [5.41, 5.74) is 0.991. The SMILES string of the molecule is CC[C@@H](O)[C@@H](O)C1O[C@](C)(O[C@@H]2C(O)[C@H](Oc3ccc(C)cc3)OC(CO)[C@@H]2O)C[C@@H](O)[C@H]1NC(C)=O. The topological polar surface area (TPSA) is 187 Å². The molecule has 37 heavy (non-hydrogen) atoms. The Kier molecular flexibility index (Phi) is 9.89. The molecule has 12 nitrogen and oxygen atoms in total. The third-order valence-electron chi connectivity index (χ3n) is 6.73. The van der Waals surface area contributed by atoms with Crippen LogP contribution in [0.5, 0.6) is 5.75 Å². The van der Waals surface area contributed by atoms with Crippen LogP contribution in [0.25, 0.3) is 0 Å². The third kappa shape index (κ3) is 6.96. The summed E-state index contributed by atoms with van der Waals surface area (Å²) < 4.78 is 23.4. The summed E-state index contributed by atoms with van der Waals surface area (Å²) in [4.78, 5) is 11.7. The van der Waals surface area contributed by atoms with E-state index in [4.69, 9.17) is 18.9 Å². The molecule has 3 rings (SSSR count). The second kappa shape index (κ2) is 12.3. The summed E-state index contributed by atoms with van der Waals surface area (Å²) in [5.74, 6) is -1.78. The largest absolute Gasteiger partial charge is 0.462 e. The van der Waals surface area contributed by atoms with Gasteiger partial charge in [-0.2, -0.15) is 0 Å². The number of benzene rings is 1. The fraction of sp³-hybridized carbons (Fsp3) is 0.720. The van der Waals surface area contributed by atoms with Crippen molar-refractivity contribution in [2.45, 2.75) is 107 Å². The lowest BCUT2D eigenvalue weighted by molar-refractivity contribution is -0.367. The van der Waals surface area contributed by atoms with Gasteiger partial charge in [0.1, 0.15) is 42.4 Å². The van der Waals surface area contributed by atoms with Crippen molar-refractivity contribution in [1.29, 1.82) is 0 Å². The Hall–Kier alpha value is -1.87. The second-order valence-electron chi connectivity index (χ2n) is 9.90. The Morgan fingerprint density at radius 1 is 1.19 bits per heavy atom. The number of hydrogen-bond acceptors (Lipinski definition) is 11. The Morgan fingerprint density at radius 3 is 2.41 bits per heavy atom. The number of nitrogens with one attached hydrogen (secondary N) is 1. The maximum absolute atomic E-state index is 11.7. The van der Waals surface area contributed by atoms with Gasteiger partial charge in [-0.15, -0.1) is 0 Å². The van der Waals surface area contributed by atoms with Crippen molar-refractivity contribution < 1.29 is 54.4 Å². The maximum Gasteiger partial charge on any atom is 0.229 e. The number of hydrogen-bond donors (Lipinski definition) is 7. The number of rotatable bonds is 9. The third-order valence-corrected chi connectivity index (χ3v) is 6.73. The van der Waals surface area contributed by atoms with E-state index in [1.165, 1.54) is 13.8 Å². The molecule has 0 aliphatic carbocycles. The van der Waals surface area contributed by atoms with Gasteiger partial charge in [0.15, 0.2) is 5.79 Å². The predicted octanol–water partition coefficient (Wildman–Crippen LogP) is -1.30. The van der Waals surface area contributed by atoms with Crippen LogP contribution >= 0.6 is 0 Å². The molecule has 11 atom stereocenters. The molecule has 2 fully saturated rings. The van der Waals surface area contributed by atoms with Crippen molar-refractivity contribution in [2.75, 3.05) is 6.61 Å². The van der Waals surface area contributed by atoms with E-state index < -0.39 is 79.5 Å². The van der Waals surface area contributed by atoms with Gasteiger partial charge in [-0.3, -0.25) is 4.79 Å². The molecule has 12 heteroatoms. The quantitative estimate of drug-likeness (QED) is 0.201. The van der Waals surface area contributed by atoms with Crippen LogP contribution in [0.15, 0.2) is 24.3 Å². The Bertz CT molecular complexity index is 886. The van der Waals surface area contributed by atoms with Crippen molar-refractivity contribution in [3.63, 3.8) is 0 Å². The van der Waals surface area contributed by atoms with Crippen LogP contribution in [-0.2, 0) is 19.0 Å². The minimum atomic E-state index is -1.69. The number of aliphatic hydroxyl groups excluding tert-OH is 6. The number of carbonyl (C=O) groups is 1. The molecule has 0 aromatic heterocycles. The Morgan fingerprint density at radius 2 is 1.84 bits per heavy atom. The van der Waals surface area contributed by atoms with Crippen LogP contribution in [0, 0.1) is 6.92 Å². The first kappa shape index (κ1) is 29.7. The molecular formula is C25H39NO11. The highest BCUT2D eigenvalue weighted by molar-refractivity contribution is 5.73. The van der Waals surface area contributed by atoms with E-state index in [1.807, 2.05) is 6.92 Å². The van der Waals surface area contributed by atoms with Crippen LogP contribution in [0.4, 0.5) is 0 Å². The zero-order chi connectivity index (χ0) is 27.5. The fourth-order valence-electron chi connectivity index (χ4n) is 4.70. The zero-order valence-electron chi connectivity index (χ0n) is 21.4. The molecule has 2 aliphatic rings. The molecule has 1 aromatic carbocycles. The Labute approximate surface area is 215 Å². The highest BCUT2D eigenvalue weighted by Gasteiger charge is 2.54. The Balaban J connectivity index is 1.84. The summed E-state index contributed by atoms with van der Waals surface area (Å²) >= 11 is 0. The summed E-state index contributed by atoms with van der Waals surface area (Å²) in [5, 5.41) is 66.0. The van der Waals surface area contributed by atoms with E-state index in [-0.39, 0.29) is 12.8 Å². The van der Waals surface area contributed by atoms with Gasteiger partial charge in [-0.05, 0) is 32.4 Å². The van der Waals surface area contributed by atoms with E-state index in [1.54, 1.807) is 31.2 Å². The van der Waals surface area contributed by atoms with Crippen LogP contribution < -0.4 is 10.1 Å².